The molecule has 2 aromatic rings. The van der Waals surface area contributed by atoms with Crippen molar-refractivity contribution in [3.05, 3.63) is 65.2 Å². The second-order valence-corrected chi connectivity index (χ2v) is 7.62. The number of nitrogens with zero attached hydrogens (tertiary/aromatic N) is 1. The minimum Gasteiger partial charge on any atom is -0.334 e. The summed E-state index contributed by atoms with van der Waals surface area (Å²) in [6, 6.07) is 13.1. The highest BCUT2D eigenvalue weighted by atomic mass is 32.2. The van der Waals surface area contributed by atoms with Gasteiger partial charge < -0.3 is 4.90 Å². The fourth-order valence-electron chi connectivity index (χ4n) is 2.71. The molecule has 26 heavy (non-hydrogen) atoms. The topological polar surface area (TPSA) is 66.5 Å². The van der Waals surface area contributed by atoms with E-state index >= 15 is 0 Å². The number of sulfonamides is 1. The molecule has 1 aliphatic heterocycles. The molecule has 0 saturated heterocycles. The van der Waals surface area contributed by atoms with Gasteiger partial charge in [0.2, 0.25) is 5.91 Å². The molecule has 0 spiro atoms. The molecule has 0 atom stereocenters. The molecule has 2 aromatic carbocycles. The van der Waals surface area contributed by atoms with E-state index in [1.54, 1.807) is 4.90 Å². The molecule has 0 aliphatic carbocycles. The summed E-state index contributed by atoms with van der Waals surface area (Å²) in [5.74, 6) is -0.0365. The first kappa shape index (κ1) is 18.2. The smallest absolute Gasteiger partial charge is 0.334 e. The predicted molar refractivity (Wildman–Crippen MR) is 89.4 cm³/mol. The number of amides is 1. The average molecular weight is 384 g/mol. The Hall–Kier alpha value is -2.55. The zero-order valence-corrected chi connectivity index (χ0v) is 14.3. The molecule has 1 aliphatic rings. The van der Waals surface area contributed by atoms with Crippen LogP contribution in [0.2, 0.25) is 0 Å². The van der Waals surface area contributed by atoms with Crippen LogP contribution in [0.4, 0.5) is 18.9 Å². The molecule has 1 heterocycles. The number of hydrogen-bond donors (Lipinski definition) is 1. The van der Waals surface area contributed by atoms with Gasteiger partial charge in [-0.05, 0) is 28.8 Å². The van der Waals surface area contributed by atoms with Crippen LogP contribution >= 0.6 is 0 Å². The molecular weight excluding hydrogens is 369 g/mol. The minimum atomic E-state index is -5.45. The molecule has 0 radical (unpaired) electrons. The first-order chi connectivity index (χ1) is 12.2. The zero-order chi connectivity index (χ0) is 18.9. The van der Waals surface area contributed by atoms with Gasteiger partial charge in [-0.3, -0.25) is 9.52 Å². The highest BCUT2D eigenvalue weighted by molar-refractivity contribution is 7.93. The maximum absolute atomic E-state index is 12.4. The van der Waals surface area contributed by atoms with Crippen molar-refractivity contribution in [1.82, 2.24) is 4.90 Å². The lowest BCUT2D eigenvalue weighted by Crippen LogP contribution is -2.35. The number of benzene rings is 2. The van der Waals surface area contributed by atoms with E-state index in [9.17, 15) is 26.4 Å². The zero-order valence-electron chi connectivity index (χ0n) is 13.5. The van der Waals surface area contributed by atoms with E-state index < -0.39 is 15.5 Å². The molecule has 5 nitrogen and oxygen atoms in total. The van der Waals surface area contributed by atoms with Crippen molar-refractivity contribution in [2.45, 2.75) is 25.0 Å². The van der Waals surface area contributed by atoms with Crippen molar-refractivity contribution < 1.29 is 26.4 Å². The lowest BCUT2D eigenvalue weighted by molar-refractivity contribution is -0.132. The summed E-state index contributed by atoms with van der Waals surface area (Å²) in [6.07, 6.45) is 0.305. The average Bonchev–Trinajstić information content (AvgIpc) is 2.56. The number of carbonyl (C=O) groups excluding carboxylic acids is 1. The van der Waals surface area contributed by atoms with Gasteiger partial charge in [-0.15, -0.1) is 0 Å². The summed E-state index contributed by atoms with van der Waals surface area (Å²) in [5.41, 5.74) is -2.83. The highest BCUT2D eigenvalue weighted by Crippen LogP contribution is 2.26. The molecule has 0 fully saturated rings. The fraction of sp³-hybridized carbons (Fsp3) is 0.235. The van der Waals surface area contributed by atoms with Gasteiger partial charge in [0.15, 0.2) is 0 Å². The molecule has 0 bridgehead atoms. The molecule has 0 aromatic heterocycles. The summed E-state index contributed by atoms with van der Waals surface area (Å²) < 4.78 is 60.8. The van der Waals surface area contributed by atoms with Crippen LogP contribution in [0.3, 0.4) is 0 Å². The summed E-state index contributed by atoms with van der Waals surface area (Å²) in [7, 11) is -5.45. The Morgan fingerprint density at radius 1 is 1.00 bits per heavy atom. The molecule has 138 valence electrons. The number of fused-ring (bicyclic) bond motifs is 1. The van der Waals surface area contributed by atoms with Crippen LogP contribution in [0.1, 0.15) is 16.7 Å². The van der Waals surface area contributed by atoms with Crippen LogP contribution in [0, 0.1) is 0 Å². The Bertz CT molecular complexity index is 925. The quantitative estimate of drug-likeness (QED) is 0.881. The Morgan fingerprint density at radius 2 is 1.62 bits per heavy atom. The van der Waals surface area contributed by atoms with Crippen LogP contribution in [0.5, 0.6) is 0 Å². The lowest BCUT2D eigenvalue weighted by Gasteiger charge is -2.29. The fourth-order valence-corrected chi connectivity index (χ4v) is 3.27. The van der Waals surface area contributed by atoms with E-state index in [0.717, 1.165) is 11.1 Å². The van der Waals surface area contributed by atoms with Crippen molar-refractivity contribution in [2.24, 2.45) is 0 Å². The van der Waals surface area contributed by atoms with Crippen LogP contribution in [0.25, 0.3) is 0 Å². The lowest BCUT2D eigenvalue weighted by atomic mass is 9.99. The summed E-state index contributed by atoms with van der Waals surface area (Å²) in [5, 5.41) is 0. The standard InChI is InChI=1S/C17H15F3N2O3S/c18-17(19,20)26(24,25)21-15-7-5-12(6-8-15)10-22-11-14-4-2-1-3-13(14)9-16(22)23/h1-8,21H,9-11H2. The third kappa shape index (κ3) is 3.82. The Morgan fingerprint density at radius 3 is 2.23 bits per heavy atom. The van der Waals surface area contributed by atoms with Gasteiger partial charge in [0.1, 0.15) is 0 Å². The van der Waals surface area contributed by atoms with Gasteiger partial charge in [-0.2, -0.15) is 21.6 Å². The third-order valence-corrected chi connectivity index (χ3v) is 5.17. The van der Waals surface area contributed by atoms with Crippen LogP contribution in [0.15, 0.2) is 48.5 Å². The molecular formula is C17H15F3N2O3S. The number of alkyl halides is 3. The Balaban J connectivity index is 1.70. The predicted octanol–water partition coefficient (Wildman–Crippen LogP) is 3.03. The van der Waals surface area contributed by atoms with Gasteiger partial charge >= 0.3 is 15.5 Å². The number of rotatable bonds is 4. The van der Waals surface area contributed by atoms with Crippen molar-refractivity contribution >= 4 is 21.6 Å². The van der Waals surface area contributed by atoms with Gasteiger partial charge in [-0.1, -0.05) is 36.4 Å². The van der Waals surface area contributed by atoms with Crippen LogP contribution < -0.4 is 4.72 Å². The number of anilines is 1. The molecule has 1 N–H and O–H groups in total. The summed E-state index contributed by atoms with van der Waals surface area (Å²) in [6.45, 7) is 0.747. The largest absolute Gasteiger partial charge is 0.516 e. The van der Waals surface area contributed by atoms with Gasteiger partial charge in [0.05, 0.1) is 6.42 Å². The van der Waals surface area contributed by atoms with E-state index in [1.165, 1.54) is 29.0 Å². The van der Waals surface area contributed by atoms with Crippen LogP contribution in [-0.4, -0.2) is 24.7 Å². The van der Waals surface area contributed by atoms with Crippen molar-refractivity contribution in [1.29, 1.82) is 0 Å². The molecule has 1 amide bonds. The van der Waals surface area contributed by atoms with E-state index in [1.807, 2.05) is 24.3 Å². The second-order valence-electron chi connectivity index (χ2n) is 5.94. The molecule has 0 saturated carbocycles. The molecule has 9 heteroatoms. The third-order valence-electron chi connectivity index (χ3n) is 4.06. The van der Waals surface area contributed by atoms with Crippen molar-refractivity contribution in [2.75, 3.05) is 4.72 Å². The minimum absolute atomic E-state index is 0.0365. The van der Waals surface area contributed by atoms with E-state index in [4.69, 9.17) is 0 Å². The van der Waals surface area contributed by atoms with E-state index in [2.05, 4.69) is 0 Å². The van der Waals surface area contributed by atoms with Crippen molar-refractivity contribution in [3.8, 4) is 0 Å². The maximum atomic E-state index is 12.4. The SMILES string of the molecule is O=C1Cc2ccccc2CN1Cc1ccc(NS(=O)(=O)C(F)(F)F)cc1. The first-order valence-corrected chi connectivity index (χ1v) is 9.16. The Kier molecular flexibility index (Phi) is 4.66. The number of halogens is 3. The van der Waals surface area contributed by atoms with Crippen LogP contribution in [-0.2, 0) is 34.3 Å². The summed E-state index contributed by atoms with van der Waals surface area (Å²) >= 11 is 0. The monoisotopic (exact) mass is 384 g/mol. The number of nitrogens with one attached hydrogen (secondary N) is 1. The maximum Gasteiger partial charge on any atom is 0.516 e. The van der Waals surface area contributed by atoms with E-state index in [-0.39, 0.29) is 11.6 Å². The first-order valence-electron chi connectivity index (χ1n) is 7.68. The van der Waals surface area contributed by atoms with E-state index in [0.29, 0.717) is 25.1 Å². The molecule has 0 unspecified atom stereocenters. The highest BCUT2D eigenvalue weighted by Gasteiger charge is 2.46. The van der Waals surface area contributed by atoms with Gasteiger partial charge in [-0.25, -0.2) is 0 Å². The molecule has 3 rings (SSSR count). The van der Waals surface area contributed by atoms with Crippen molar-refractivity contribution in [3.63, 3.8) is 0 Å². The van der Waals surface area contributed by atoms with Gasteiger partial charge in [0.25, 0.3) is 0 Å². The Labute approximate surface area is 148 Å². The normalized spacial score (nSPS) is 14.9. The number of hydrogen-bond acceptors (Lipinski definition) is 3. The second kappa shape index (κ2) is 6.64. The summed E-state index contributed by atoms with van der Waals surface area (Å²) in [4.78, 5) is 13.9. The van der Waals surface area contributed by atoms with Gasteiger partial charge in [0, 0.05) is 18.8 Å². The number of carbonyl (C=O) groups is 1.